The largest absolute Gasteiger partial charge is 0.387 e. The maximum atomic E-state index is 13.1. The Morgan fingerprint density at radius 2 is 1.91 bits per heavy atom. The zero-order valence-electron chi connectivity index (χ0n) is 19.0. The Morgan fingerprint density at radius 3 is 2.65 bits per heavy atom. The third-order valence-corrected chi connectivity index (χ3v) is 7.60. The van der Waals surface area contributed by atoms with Crippen molar-refractivity contribution in [1.82, 2.24) is 14.5 Å². The number of thiazole rings is 1. The van der Waals surface area contributed by atoms with Crippen molar-refractivity contribution in [3.05, 3.63) is 70.3 Å². The van der Waals surface area contributed by atoms with E-state index in [-0.39, 0.29) is 5.91 Å². The standard InChI is InChI=1S/C26H27ClN4O2S/c1-17(32)23-24(34-26(29-23)18-4-6-20(27)7-5-18)25(33)28-21-8-9-22-19(16-21)10-13-31(22)15-14-30-11-2-3-12-30/h4-10,13,16-17,32H,2-3,11-12,14-15H2,1H3,(H,28,33). The van der Waals surface area contributed by atoms with E-state index in [4.69, 9.17) is 11.6 Å². The number of amides is 1. The summed E-state index contributed by atoms with van der Waals surface area (Å²) in [5.74, 6) is -0.276. The van der Waals surface area contributed by atoms with Gasteiger partial charge in [0, 0.05) is 46.5 Å². The average molecular weight is 495 g/mol. The molecule has 8 heteroatoms. The second-order valence-corrected chi connectivity index (χ2v) is 10.1. The summed E-state index contributed by atoms with van der Waals surface area (Å²) in [7, 11) is 0. The Hall–Kier alpha value is -2.71. The van der Waals surface area contributed by atoms with Gasteiger partial charge in [0.05, 0.1) is 11.8 Å². The van der Waals surface area contributed by atoms with Crippen LogP contribution in [0.15, 0.2) is 54.7 Å². The van der Waals surface area contributed by atoms with Crippen molar-refractivity contribution in [3.63, 3.8) is 0 Å². The summed E-state index contributed by atoms with van der Waals surface area (Å²) >= 11 is 7.26. The first-order chi connectivity index (χ1) is 16.5. The number of aliphatic hydroxyl groups excluding tert-OH is 1. The lowest BCUT2D eigenvalue weighted by Gasteiger charge is -2.15. The number of hydrogen-bond donors (Lipinski definition) is 2. The zero-order chi connectivity index (χ0) is 23.7. The Labute approximate surface area is 207 Å². The summed E-state index contributed by atoms with van der Waals surface area (Å²) in [6, 6.07) is 15.3. The molecule has 34 heavy (non-hydrogen) atoms. The predicted octanol–water partition coefficient (Wildman–Crippen LogP) is 5.82. The molecule has 1 atom stereocenters. The fourth-order valence-corrected chi connectivity index (χ4v) is 5.59. The van der Waals surface area contributed by atoms with Crippen molar-refractivity contribution >= 4 is 45.4 Å². The van der Waals surface area contributed by atoms with Crippen LogP contribution in [0.25, 0.3) is 21.5 Å². The highest BCUT2D eigenvalue weighted by molar-refractivity contribution is 7.17. The molecule has 1 fully saturated rings. The van der Waals surface area contributed by atoms with Crippen molar-refractivity contribution in [2.24, 2.45) is 0 Å². The van der Waals surface area contributed by atoms with Crippen molar-refractivity contribution in [2.75, 3.05) is 25.0 Å². The maximum absolute atomic E-state index is 13.1. The molecule has 2 aromatic carbocycles. The first-order valence-corrected chi connectivity index (χ1v) is 12.7. The number of nitrogens with zero attached hydrogens (tertiary/aromatic N) is 3. The molecule has 4 aromatic rings. The van der Waals surface area contributed by atoms with Gasteiger partial charge in [-0.1, -0.05) is 23.7 Å². The van der Waals surface area contributed by atoms with Gasteiger partial charge in [0.25, 0.3) is 5.91 Å². The number of fused-ring (bicyclic) bond motifs is 1. The van der Waals surface area contributed by atoms with Crippen LogP contribution in [0.4, 0.5) is 5.69 Å². The molecule has 6 nitrogen and oxygen atoms in total. The van der Waals surface area contributed by atoms with E-state index in [1.54, 1.807) is 19.1 Å². The van der Waals surface area contributed by atoms with Gasteiger partial charge >= 0.3 is 0 Å². The molecular weight excluding hydrogens is 468 g/mol. The quantitative estimate of drug-likeness (QED) is 0.339. The third kappa shape index (κ3) is 4.88. The molecule has 0 spiro atoms. The molecular formula is C26H27ClN4O2S. The number of likely N-dealkylation sites (tertiary alicyclic amines) is 1. The van der Waals surface area contributed by atoms with E-state index < -0.39 is 6.10 Å². The SMILES string of the molecule is CC(O)c1nc(-c2ccc(Cl)cc2)sc1C(=O)Nc1ccc2c(ccn2CCN2CCCC2)c1. The first kappa shape index (κ1) is 23.1. The Balaban J connectivity index is 1.34. The molecule has 0 radical (unpaired) electrons. The van der Waals surface area contributed by atoms with E-state index in [1.165, 1.54) is 37.3 Å². The smallest absolute Gasteiger partial charge is 0.267 e. The minimum absolute atomic E-state index is 0.276. The minimum atomic E-state index is -0.856. The van der Waals surface area contributed by atoms with Crippen LogP contribution in [0, 0.1) is 0 Å². The number of aromatic nitrogens is 2. The van der Waals surface area contributed by atoms with Crippen LogP contribution < -0.4 is 5.32 Å². The molecule has 0 aliphatic carbocycles. The van der Waals surface area contributed by atoms with Crippen LogP contribution in [0.3, 0.4) is 0 Å². The number of aliphatic hydroxyl groups is 1. The molecule has 3 heterocycles. The number of hydrogen-bond acceptors (Lipinski definition) is 5. The van der Waals surface area contributed by atoms with Crippen LogP contribution in [-0.4, -0.2) is 45.1 Å². The highest BCUT2D eigenvalue weighted by atomic mass is 35.5. The van der Waals surface area contributed by atoms with E-state index in [2.05, 4.69) is 38.1 Å². The van der Waals surface area contributed by atoms with Crippen LogP contribution in [0.2, 0.25) is 5.02 Å². The van der Waals surface area contributed by atoms with Crippen LogP contribution in [0.5, 0.6) is 0 Å². The minimum Gasteiger partial charge on any atom is -0.387 e. The van der Waals surface area contributed by atoms with Crippen LogP contribution in [-0.2, 0) is 6.54 Å². The van der Waals surface area contributed by atoms with Gasteiger partial charge in [-0.25, -0.2) is 4.98 Å². The molecule has 1 saturated heterocycles. The highest BCUT2D eigenvalue weighted by Crippen LogP contribution is 2.32. The van der Waals surface area contributed by atoms with Gasteiger partial charge < -0.3 is 19.9 Å². The second-order valence-electron chi connectivity index (χ2n) is 8.70. The molecule has 2 N–H and O–H groups in total. The van der Waals surface area contributed by atoms with Gasteiger partial charge in [0.15, 0.2) is 0 Å². The molecule has 1 unspecified atom stereocenters. The molecule has 0 saturated carbocycles. The lowest BCUT2D eigenvalue weighted by Crippen LogP contribution is -2.23. The number of benzene rings is 2. The van der Waals surface area contributed by atoms with Crippen molar-refractivity contribution in [1.29, 1.82) is 0 Å². The number of anilines is 1. The van der Waals surface area contributed by atoms with Gasteiger partial charge in [0.1, 0.15) is 9.88 Å². The van der Waals surface area contributed by atoms with Gasteiger partial charge in [-0.2, -0.15) is 0 Å². The highest BCUT2D eigenvalue weighted by Gasteiger charge is 2.22. The second kappa shape index (κ2) is 9.88. The number of rotatable bonds is 7. The topological polar surface area (TPSA) is 70.4 Å². The van der Waals surface area contributed by atoms with Crippen molar-refractivity contribution < 1.29 is 9.90 Å². The van der Waals surface area contributed by atoms with Crippen molar-refractivity contribution in [3.8, 4) is 10.6 Å². The van der Waals surface area contributed by atoms with Gasteiger partial charge in [0.2, 0.25) is 0 Å². The summed E-state index contributed by atoms with van der Waals surface area (Å²) < 4.78 is 2.27. The summed E-state index contributed by atoms with van der Waals surface area (Å²) in [6.07, 6.45) is 3.85. The average Bonchev–Trinajstić information content (AvgIpc) is 3.57. The molecule has 2 aromatic heterocycles. The molecule has 1 aliphatic rings. The molecule has 1 amide bonds. The van der Waals surface area contributed by atoms with Gasteiger partial charge in [-0.15, -0.1) is 11.3 Å². The molecule has 5 rings (SSSR count). The maximum Gasteiger partial charge on any atom is 0.267 e. The predicted molar refractivity (Wildman–Crippen MR) is 139 cm³/mol. The Bertz CT molecular complexity index is 1310. The number of halogens is 1. The first-order valence-electron chi connectivity index (χ1n) is 11.6. The van der Waals surface area contributed by atoms with Gasteiger partial charge in [-0.05, 0) is 69.3 Å². The van der Waals surface area contributed by atoms with Crippen LogP contribution >= 0.6 is 22.9 Å². The number of carbonyl (C=O) groups is 1. The number of carbonyl (C=O) groups excluding carboxylic acids is 1. The summed E-state index contributed by atoms with van der Waals surface area (Å²) in [6.45, 7) is 6.03. The lowest BCUT2D eigenvalue weighted by molar-refractivity contribution is 0.102. The number of nitrogens with one attached hydrogen (secondary N) is 1. The van der Waals surface area contributed by atoms with E-state index in [0.29, 0.717) is 26.3 Å². The fraction of sp³-hybridized carbons (Fsp3) is 0.308. The monoisotopic (exact) mass is 494 g/mol. The van der Waals surface area contributed by atoms with E-state index in [9.17, 15) is 9.90 Å². The summed E-state index contributed by atoms with van der Waals surface area (Å²) in [4.78, 5) is 20.6. The van der Waals surface area contributed by atoms with E-state index in [0.717, 1.165) is 29.6 Å². The molecule has 0 bridgehead atoms. The molecule has 176 valence electrons. The van der Waals surface area contributed by atoms with Crippen molar-refractivity contribution in [2.45, 2.75) is 32.4 Å². The Kier molecular flexibility index (Phi) is 6.70. The lowest BCUT2D eigenvalue weighted by atomic mass is 10.2. The summed E-state index contributed by atoms with van der Waals surface area (Å²) in [5.41, 5.74) is 3.10. The molecule has 1 aliphatic heterocycles. The zero-order valence-corrected chi connectivity index (χ0v) is 20.6. The van der Waals surface area contributed by atoms with Crippen LogP contribution in [0.1, 0.15) is 41.2 Å². The fourth-order valence-electron chi connectivity index (χ4n) is 4.41. The third-order valence-electron chi connectivity index (χ3n) is 6.23. The summed E-state index contributed by atoms with van der Waals surface area (Å²) in [5, 5.41) is 15.6. The normalized spacial score (nSPS) is 15.1. The Morgan fingerprint density at radius 1 is 1.15 bits per heavy atom. The van der Waals surface area contributed by atoms with Gasteiger partial charge in [-0.3, -0.25) is 4.79 Å². The van der Waals surface area contributed by atoms with E-state index in [1.807, 2.05) is 24.3 Å². The van der Waals surface area contributed by atoms with E-state index >= 15 is 0 Å².